The van der Waals surface area contributed by atoms with Crippen LogP contribution in [-0.4, -0.2) is 5.78 Å². The van der Waals surface area contributed by atoms with Gasteiger partial charge in [0.05, 0.1) is 0 Å². The second-order valence-corrected chi connectivity index (χ2v) is 19.0. The fourth-order valence-corrected chi connectivity index (χ4v) is 8.14. The summed E-state index contributed by atoms with van der Waals surface area (Å²) in [6.45, 7) is 39.6. The van der Waals surface area contributed by atoms with Crippen molar-refractivity contribution in [3.8, 4) is 11.1 Å². The summed E-state index contributed by atoms with van der Waals surface area (Å²) in [5.41, 5.74) is 19.9. The minimum atomic E-state index is 0.0983. The van der Waals surface area contributed by atoms with E-state index in [1.807, 2.05) is 50.2 Å². The normalized spacial score (nSPS) is 20.2. The first-order chi connectivity index (χ1) is 27.6. The molecule has 59 heavy (non-hydrogen) atoms. The Kier molecular flexibility index (Phi) is 18.6. The summed E-state index contributed by atoms with van der Waals surface area (Å²) in [6.07, 6.45) is 4.42. The van der Waals surface area contributed by atoms with Crippen LogP contribution in [0.5, 0.6) is 0 Å². The lowest BCUT2D eigenvalue weighted by Crippen LogP contribution is -2.39. The number of hydrogen-bond acceptors (Lipinski definition) is 1. The summed E-state index contributed by atoms with van der Waals surface area (Å²) in [5.74, 6) is 6.05. The van der Waals surface area contributed by atoms with Crippen LogP contribution >= 0.6 is 0 Å². The largest absolute Gasteiger partial charge is 0.289 e. The average Bonchev–Trinajstić information content (AvgIpc) is 3.59. The number of hydrogen-bond donors (Lipinski definition) is 0. The number of ketones is 1. The Morgan fingerprint density at radius 3 is 0.831 bits per heavy atom. The van der Waals surface area contributed by atoms with Gasteiger partial charge in [0.1, 0.15) is 0 Å². The van der Waals surface area contributed by atoms with Crippen molar-refractivity contribution >= 4 is 5.78 Å². The lowest BCUT2D eigenvalue weighted by atomic mass is 9.60. The van der Waals surface area contributed by atoms with E-state index in [4.69, 9.17) is 0 Å². The molecule has 0 saturated heterocycles. The van der Waals surface area contributed by atoms with Crippen LogP contribution in [-0.2, 0) is 0 Å². The Balaban J connectivity index is 0.000000207. The van der Waals surface area contributed by atoms with Gasteiger partial charge in [-0.25, -0.2) is 0 Å². The molecule has 0 heterocycles. The maximum atomic E-state index is 12.4. The first-order valence-electron chi connectivity index (χ1n) is 22.5. The molecule has 1 nitrogen and oxygen atoms in total. The third-order valence-electron chi connectivity index (χ3n) is 14.3. The summed E-state index contributed by atoms with van der Waals surface area (Å²) >= 11 is 0. The number of benzene rings is 5. The van der Waals surface area contributed by atoms with Crippen molar-refractivity contribution in [1.82, 2.24) is 0 Å². The van der Waals surface area contributed by atoms with Crippen molar-refractivity contribution in [3.63, 3.8) is 0 Å². The molecule has 2 aliphatic rings. The molecule has 0 spiro atoms. The summed E-state index contributed by atoms with van der Waals surface area (Å²) in [7, 11) is 0. The monoisotopic (exact) mass is 793 g/mol. The van der Waals surface area contributed by atoms with Crippen LogP contribution in [0.4, 0.5) is 0 Å². The molecule has 2 saturated carbocycles. The van der Waals surface area contributed by atoms with Gasteiger partial charge in [-0.15, -0.1) is 0 Å². The summed E-state index contributed by atoms with van der Waals surface area (Å²) < 4.78 is 0. The molecule has 0 N–H and O–H groups in total. The predicted octanol–water partition coefficient (Wildman–Crippen LogP) is 16.6. The van der Waals surface area contributed by atoms with Gasteiger partial charge in [-0.2, -0.15) is 0 Å². The minimum absolute atomic E-state index is 0.0983. The first kappa shape index (κ1) is 49.1. The van der Waals surface area contributed by atoms with Crippen LogP contribution in [0.2, 0.25) is 0 Å². The van der Waals surface area contributed by atoms with Gasteiger partial charge in [-0.3, -0.25) is 4.79 Å². The van der Waals surface area contributed by atoms with Crippen molar-refractivity contribution in [2.24, 2.45) is 35.5 Å². The maximum absolute atomic E-state index is 12.4. The fourth-order valence-electron chi connectivity index (χ4n) is 8.14. The van der Waals surface area contributed by atoms with E-state index in [2.05, 4.69) is 159 Å². The quantitative estimate of drug-likeness (QED) is 0.166. The van der Waals surface area contributed by atoms with Crippen LogP contribution in [0.15, 0.2) is 84.9 Å². The molecule has 318 valence electrons. The zero-order chi connectivity index (χ0) is 44.3. The highest BCUT2D eigenvalue weighted by atomic mass is 16.1. The topological polar surface area (TPSA) is 17.1 Å². The molecule has 0 aromatic heterocycles. The van der Waals surface area contributed by atoms with Gasteiger partial charge < -0.3 is 0 Å². The average molecular weight is 793 g/mol. The van der Waals surface area contributed by atoms with Crippen LogP contribution in [0.3, 0.4) is 0 Å². The van der Waals surface area contributed by atoms with E-state index >= 15 is 0 Å². The molecule has 0 radical (unpaired) electrons. The number of carbonyl (C=O) groups is 1. The van der Waals surface area contributed by atoms with Gasteiger partial charge in [0.2, 0.25) is 0 Å². The molecular formula is C58H80O. The number of aryl methyl sites for hydroxylation is 12. The number of carbonyl (C=O) groups excluding carboxylic acids is 1. The Hall–Kier alpha value is -4.23. The molecule has 2 unspecified atom stereocenters. The van der Waals surface area contributed by atoms with Crippen molar-refractivity contribution in [2.45, 2.75) is 144 Å². The highest BCUT2D eigenvalue weighted by Gasteiger charge is 2.38. The Morgan fingerprint density at radius 1 is 0.339 bits per heavy atom. The van der Waals surface area contributed by atoms with E-state index in [9.17, 15) is 4.79 Å². The summed E-state index contributed by atoms with van der Waals surface area (Å²) in [6, 6.07) is 29.5. The van der Waals surface area contributed by atoms with E-state index in [1.54, 1.807) is 0 Å². The standard InChI is InChI=1S/C17H18O.C16H18.C10H14.C8H16.C7H14/c1-11-5-7-15(9-13(11)3)17(18)16-8-6-12(2)14(4)10-16;1-11-5-7-15(9-13(11)3)16-8-6-12(2)14(4)10-16;1-7-5-9(3)10(4)6-8(7)2;1-5-6(2)8(4)7(5)3;1-6-3-4-7(2)5-6/h5-10H,1-4H3;5-10H,1-4H3;5-6H,1-4H3;5-8H,1-4H3;6-7H,3-5H2,1-2H3. The fraction of sp³-hybridized carbons (Fsp3) is 0.466. The molecule has 1 heteroatoms. The molecule has 5 aromatic carbocycles. The third kappa shape index (κ3) is 14.2. The van der Waals surface area contributed by atoms with Gasteiger partial charge in [0.15, 0.2) is 5.78 Å². The molecule has 0 bridgehead atoms. The Labute approximate surface area is 362 Å². The molecule has 7 rings (SSSR count). The molecule has 2 aliphatic carbocycles. The van der Waals surface area contributed by atoms with E-state index < -0.39 is 0 Å². The minimum Gasteiger partial charge on any atom is -0.289 e. The van der Waals surface area contributed by atoms with Crippen LogP contribution in [0.1, 0.15) is 143 Å². The van der Waals surface area contributed by atoms with Gasteiger partial charge in [-0.05, 0) is 215 Å². The molecule has 2 fully saturated rings. The van der Waals surface area contributed by atoms with Crippen LogP contribution < -0.4 is 0 Å². The van der Waals surface area contributed by atoms with Crippen molar-refractivity contribution < 1.29 is 4.79 Å². The predicted molar refractivity (Wildman–Crippen MR) is 260 cm³/mol. The Bertz CT molecular complexity index is 1950. The Morgan fingerprint density at radius 2 is 0.593 bits per heavy atom. The van der Waals surface area contributed by atoms with Gasteiger partial charge in [0, 0.05) is 11.1 Å². The smallest absolute Gasteiger partial charge is 0.193 e. The zero-order valence-electron chi connectivity index (χ0n) is 40.6. The van der Waals surface area contributed by atoms with E-state index in [0.29, 0.717) is 0 Å². The summed E-state index contributed by atoms with van der Waals surface area (Å²) in [5, 5.41) is 0. The van der Waals surface area contributed by atoms with Crippen molar-refractivity contribution in [1.29, 1.82) is 0 Å². The van der Waals surface area contributed by atoms with Crippen LogP contribution in [0, 0.1) is 119 Å². The molecule has 0 amide bonds. The third-order valence-corrected chi connectivity index (χ3v) is 14.3. The molecule has 0 aliphatic heterocycles. The second-order valence-electron chi connectivity index (χ2n) is 19.0. The SMILES string of the molecule is CC1C(C)C(C)C1C.CC1CCC(C)C1.Cc1cc(C)c(C)cc1C.Cc1ccc(-c2ccc(C)c(C)c2)cc1C.Cc1ccc(C(=O)c2ccc(C)c(C)c2)cc1C. The van der Waals surface area contributed by atoms with Crippen molar-refractivity contribution in [2.75, 3.05) is 0 Å². The van der Waals surface area contributed by atoms with Crippen LogP contribution in [0.25, 0.3) is 11.1 Å². The highest BCUT2D eigenvalue weighted by molar-refractivity contribution is 6.09. The van der Waals surface area contributed by atoms with E-state index in [1.165, 1.54) is 86.0 Å². The maximum Gasteiger partial charge on any atom is 0.193 e. The summed E-state index contributed by atoms with van der Waals surface area (Å²) in [4.78, 5) is 12.4. The lowest BCUT2D eigenvalue weighted by molar-refractivity contribution is 0.0302. The highest BCUT2D eigenvalue weighted by Crippen LogP contribution is 2.44. The lowest BCUT2D eigenvalue weighted by Gasteiger charge is -2.45. The molecule has 5 aromatic rings. The van der Waals surface area contributed by atoms with Crippen molar-refractivity contribution in [3.05, 3.63) is 163 Å². The zero-order valence-corrected chi connectivity index (χ0v) is 40.6. The number of rotatable bonds is 3. The van der Waals surface area contributed by atoms with Gasteiger partial charge in [-0.1, -0.05) is 127 Å². The molecule has 2 atom stereocenters. The first-order valence-corrected chi connectivity index (χ1v) is 22.5. The second kappa shape index (κ2) is 22.4. The van der Waals surface area contributed by atoms with Gasteiger partial charge >= 0.3 is 0 Å². The molecular weight excluding hydrogens is 713 g/mol. The van der Waals surface area contributed by atoms with E-state index in [0.717, 1.165) is 57.8 Å². The van der Waals surface area contributed by atoms with E-state index in [-0.39, 0.29) is 5.78 Å². The van der Waals surface area contributed by atoms with Gasteiger partial charge in [0.25, 0.3) is 0 Å².